The van der Waals surface area contributed by atoms with Crippen molar-refractivity contribution in [3.63, 3.8) is 0 Å². The number of ether oxygens (including phenoxy) is 2. The van der Waals surface area contributed by atoms with Crippen LogP contribution in [0.1, 0.15) is 5.56 Å². The summed E-state index contributed by atoms with van der Waals surface area (Å²) in [5, 5.41) is 12.0. The molecule has 19 heteroatoms. The van der Waals surface area contributed by atoms with E-state index in [0.717, 1.165) is 24.3 Å². The predicted molar refractivity (Wildman–Crippen MR) is 137 cm³/mol. The summed E-state index contributed by atoms with van der Waals surface area (Å²) in [6, 6.07) is 5.75. The van der Waals surface area contributed by atoms with Crippen LogP contribution >= 0.6 is 45.2 Å². The minimum absolute atomic E-state index is 0.0275. The number of hydrogen-bond donors (Lipinski definition) is 0. The molecule has 0 fully saturated rings. The Balaban J connectivity index is 1.73. The van der Waals surface area contributed by atoms with Gasteiger partial charge in [-0.15, -0.1) is 0 Å². The summed E-state index contributed by atoms with van der Waals surface area (Å²) in [5.41, 5.74) is -2.07. The van der Waals surface area contributed by atoms with Crippen molar-refractivity contribution in [2.24, 2.45) is 4.40 Å². The van der Waals surface area contributed by atoms with Crippen molar-refractivity contribution in [1.29, 1.82) is 0 Å². The third kappa shape index (κ3) is 6.98. The lowest BCUT2D eigenvalue weighted by molar-refractivity contribution is -0.212. The highest BCUT2D eigenvalue weighted by Crippen LogP contribution is 2.29. The summed E-state index contributed by atoms with van der Waals surface area (Å²) in [7, 11) is -9.77. The fourth-order valence-electron chi connectivity index (χ4n) is 2.84. The van der Waals surface area contributed by atoms with E-state index in [4.69, 9.17) is 9.47 Å². The van der Waals surface area contributed by atoms with Crippen LogP contribution in [-0.4, -0.2) is 39.9 Å². The average Bonchev–Trinajstić information content (AvgIpc) is 2.84. The minimum atomic E-state index is -5.02. The zero-order valence-electron chi connectivity index (χ0n) is 18.8. The predicted octanol–water partition coefficient (Wildman–Crippen LogP) is 2.98. The number of nitrogens with zero attached hydrogens (tertiary/aromatic N) is 1. The smallest absolute Gasteiger partial charge is 0.349 e. The normalized spacial score (nSPS) is 12.3. The highest BCUT2D eigenvalue weighted by Gasteiger charge is 2.27. The van der Waals surface area contributed by atoms with Gasteiger partial charge in [0.2, 0.25) is 5.82 Å². The molecule has 10 nitrogen and oxygen atoms in total. The van der Waals surface area contributed by atoms with Gasteiger partial charge in [-0.25, -0.2) is 35.2 Å². The maximum atomic E-state index is 13.8. The molecule has 0 unspecified atom stereocenters. The highest BCUT2D eigenvalue weighted by molar-refractivity contribution is 14.1. The molecule has 0 atom stereocenters. The molecule has 0 radical (unpaired) electrons. The van der Waals surface area contributed by atoms with Crippen LogP contribution in [0.25, 0.3) is 0 Å². The standard InChI is InChI=1S/C21H10F5I2NO9S2/c22-15-14(16(23)18(25)19(26)17(15)24)21(31)29-39(32,33)10-3-1-8(2-4-10)38-13(30)7-37-9-5-11(27)20(12(28)6-9)40(34,35)36/h1-6H,7H2,(H,29,31)(H,34,35,36)/p-2. The van der Waals surface area contributed by atoms with Gasteiger partial charge in [0.05, 0.1) is 15.4 Å². The van der Waals surface area contributed by atoms with Gasteiger partial charge in [-0.3, -0.25) is 0 Å². The molecule has 3 rings (SSSR count). The lowest BCUT2D eigenvalue weighted by Gasteiger charge is -2.14. The van der Waals surface area contributed by atoms with Crippen LogP contribution in [0.15, 0.2) is 50.6 Å². The zero-order chi connectivity index (χ0) is 30.2. The second-order valence-corrected chi connectivity index (χ2v) is 12.5. The summed E-state index contributed by atoms with van der Waals surface area (Å²) in [5.74, 6) is -16.1. The average molecular weight is 831 g/mol. The van der Waals surface area contributed by atoms with Gasteiger partial charge >= 0.3 is 5.97 Å². The molecule has 0 saturated carbocycles. The fraction of sp³-hybridized carbons (Fsp3) is 0.0476. The number of sulfonamides is 1. The second kappa shape index (κ2) is 12.1. The number of benzene rings is 3. The summed E-state index contributed by atoms with van der Waals surface area (Å²) in [6.45, 7) is -0.707. The molecule has 0 aliphatic carbocycles. The summed E-state index contributed by atoms with van der Waals surface area (Å²) in [6.07, 6.45) is 0. The van der Waals surface area contributed by atoms with E-state index < -0.39 is 83.1 Å². The van der Waals surface area contributed by atoms with Crippen molar-refractivity contribution in [1.82, 2.24) is 0 Å². The van der Waals surface area contributed by atoms with Crippen LogP contribution in [0.5, 0.6) is 11.5 Å². The van der Waals surface area contributed by atoms with Gasteiger partial charge in [0.25, 0.3) is 10.0 Å². The number of carbonyl (C=O) groups excluding carboxylic acids is 1. The third-order valence-corrected chi connectivity index (χ3v) is 9.21. The molecule has 0 spiro atoms. The first-order valence-electron chi connectivity index (χ1n) is 9.86. The Labute approximate surface area is 248 Å². The van der Waals surface area contributed by atoms with Crippen molar-refractivity contribution in [3.05, 3.63) is 78.2 Å². The van der Waals surface area contributed by atoms with Crippen molar-refractivity contribution in [3.8, 4) is 11.5 Å². The first-order chi connectivity index (χ1) is 18.4. The van der Waals surface area contributed by atoms with Crippen LogP contribution < -0.4 is 14.6 Å². The Bertz CT molecular complexity index is 1720. The van der Waals surface area contributed by atoms with Gasteiger partial charge in [-0.2, -0.15) is 12.8 Å². The van der Waals surface area contributed by atoms with Gasteiger partial charge < -0.3 is 19.1 Å². The summed E-state index contributed by atoms with van der Waals surface area (Å²) in [4.78, 5) is 10.8. The second-order valence-electron chi connectivity index (χ2n) is 7.22. The molecule has 0 N–H and O–H groups in total. The van der Waals surface area contributed by atoms with Crippen LogP contribution in [0.4, 0.5) is 22.0 Å². The number of carbonyl (C=O) groups is 1. The number of esters is 1. The van der Waals surface area contributed by atoms with Crippen LogP contribution in [0, 0.1) is 36.2 Å². The Morgan fingerprint density at radius 2 is 1.30 bits per heavy atom. The van der Waals surface area contributed by atoms with Gasteiger partial charge in [-0.1, -0.05) is 0 Å². The van der Waals surface area contributed by atoms with Gasteiger partial charge in [-0.05, 0) is 81.6 Å². The van der Waals surface area contributed by atoms with Crippen molar-refractivity contribution in [2.45, 2.75) is 9.79 Å². The SMILES string of the molecule is O=C(COc1cc(I)c(S(=O)(=O)[O-])c(I)c1)Oc1ccc(S(=O)(=O)/N=C(\[O-])c2c(F)c(F)c(F)c(F)c2F)cc1. The molecule has 214 valence electrons. The quantitative estimate of drug-likeness (QED) is 0.0383. The third-order valence-electron chi connectivity index (χ3n) is 4.56. The van der Waals surface area contributed by atoms with Crippen LogP contribution in [-0.2, 0) is 24.9 Å². The molecule has 3 aromatic rings. The van der Waals surface area contributed by atoms with Crippen molar-refractivity contribution < 1.29 is 62.7 Å². The van der Waals surface area contributed by atoms with E-state index >= 15 is 0 Å². The van der Waals surface area contributed by atoms with E-state index in [1.54, 1.807) is 45.2 Å². The Kier molecular flexibility index (Phi) is 9.63. The van der Waals surface area contributed by atoms with E-state index in [0.29, 0.717) is 0 Å². The van der Waals surface area contributed by atoms with E-state index in [1.165, 1.54) is 12.1 Å². The first-order valence-corrected chi connectivity index (χ1v) is 14.9. The van der Waals surface area contributed by atoms with E-state index in [-0.39, 0.29) is 18.6 Å². The minimum Gasteiger partial charge on any atom is -0.857 e. The van der Waals surface area contributed by atoms with Gasteiger partial charge in [0.15, 0.2) is 29.9 Å². The number of rotatable bonds is 8. The summed E-state index contributed by atoms with van der Waals surface area (Å²) < 4.78 is 139. The molecule has 0 bridgehead atoms. The lowest BCUT2D eigenvalue weighted by atomic mass is 10.1. The molecule has 3 aromatic carbocycles. The fourth-order valence-corrected chi connectivity index (χ4v) is 7.66. The Morgan fingerprint density at radius 3 is 1.77 bits per heavy atom. The van der Waals surface area contributed by atoms with Gasteiger partial charge in [0.1, 0.15) is 21.6 Å². The Morgan fingerprint density at radius 1 is 0.825 bits per heavy atom. The maximum Gasteiger partial charge on any atom is 0.349 e. The van der Waals surface area contributed by atoms with Gasteiger partial charge in [0, 0.05) is 13.0 Å². The maximum absolute atomic E-state index is 13.8. The molecular formula is C21H8F5I2NO9S2-2. The molecule has 0 aliphatic rings. The number of hydrogen-bond acceptors (Lipinski definition) is 9. The summed E-state index contributed by atoms with van der Waals surface area (Å²) >= 11 is 3.19. The topological polar surface area (TPSA) is 162 Å². The molecule has 40 heavy (non-hydrogen) atoms. The van der Waals surface area contributed by atoms with E-state index in [1.807, 2.05) is 0 Å². The molecule has 0 saturated heterocycles. The molecule has 0 amide bonds. The van der Waals surface area contributed by atoms with E-state index in [2.05, 4.69) is 4.40 Å². The van der Waals surface area contributed by atoms with Crippen molar-refractivity contribution in [2.75, 3.05) is 6.61 Å². The van der Waals surface area contributed by atoms with Crippen molar-refractivity contribution >= 4 is 77.2 Å². The monoisotopic (exact) mass is 831 g/mol. The van der Waals surface area contributed by atoms with Crippen LogP contribution in [0.3, 0.4) is 0 Å². The highest BCUT2D eigenvalue weighted by atomic mass is 127. The molecule has 0 aromatic heterocycles. The zero-order valence-corrected chi connectivity index (χ0v) is 24.7. The molecular weight excluding hydrogens is 823 g/mol. The lowest BCUT2D eigenvalue weighted by Crippen LogP contribution is -2.25. The number of halogens is 7. The largest absolute Gasteiger partial charge is 0.857 e. The van der Waals surface area contributed by atoms with Crippen LogP contribution in [0.2, 0.25) is 0 Å². The van der Waals surface area contributed by atoms with E-state index in [9.17, 15) is 53.2 Å². The molecule has 0 heterocycles. The molecule has 0 aliphatic heterocycles. The first kappa shape index (κ1) is 31.9. The Hall–Kier alpha value is -2.63.